The molecule has 0 saturated carbocycles. The van der Waals surface area contributed by atoms with Crippen molar-refractivity contribution in [3.8, 4) is 5.75 Å². The molecular weight excluding hydrogens is 267 g/mol. The highest BCUT2D eigenvalue weighted by atomic mass is 19.1. The Balaban J connectivity index is 2.04. The van der Waals surface area contributed by atoms with E-state index in [0.29, 0.717) is 18.7 Å². The standard InChI is InChI=1S/C13H17FN2O4/c14-10-3-5-11(6-4-10)19-8-9-20-12(17)2-1-7-16-13(15)18/h3-6H,1-2,7-9H2,(H3,15,16,18). The molecule has 3 N–H and O–H groups in total. The van der Waals surface area contributed by atoms with E-state index in [1.54, 1.807) is 0 Å². The van der Waals surface area contributed by atoms with Crippen LogP contribution in [0.5, 0.6) is 5.75 Å². The smallest absolute Gasteiger partial charge is 0.312 e. The third kappa shape index (κ3) is 7.20. The first-order valence-electron chi connectivity index (χ1n) is 6.15. The van der Waals surface area contributed by atoms with Gasteiger partial charge in [0.05, 0.1) is 0 Å². The highest BCUT2D eigenvalue weighted by molar-refractivity contribution is 5.72. The van der Waals surface area contributed by atoms with Crippen LogP contribution in [0.1, 0.15) is 12.8 Å². The van der Waals surface area contributed by atoms with E-state index in [9.17, 15) is 14.0 Å². The third-order valence-electron chi connectivity index (χ3n) is 2.29. The summed E-state index contributed by atoms with van der Waals surface area (Å²) in [6.45, 7) is 0.632. The van der Waals surface area contributed by atoms with Gasteiger partial charge in [-0.2, -0.15) is 0 Å². The fourth-order valence-electron chi connectivity index (χ4n) is 1.36. The van der Waals surface area contributed by atoms with Crippen LogP contribution in [0.2, 0.25) is 0 Å². The molecule has 0 saturated heterocycles. The second kappa shape index (κ2) is 8.73. The van der Waals surface area contributed by atoms with Gasteiger partial charge in [0.1, 0.15) is 24.8 Å². The Labute approximate surface area is 116 Å². The molecule has 0 radical (unpaired) electrons. The van der Waals surface area contributed by atoms with Crippen LogP contribution in [-0.2, 0) is 9.53 Å². The normalized spacial score (nSPS) is 9.85. The van der Waals surface area contributed by atoms with Gasteiger partial charge in [0, 0.05) is 13.0 Å². The number of nitrogens with one attached hydrogen (secondary N) is 1. The Kier molecular flexibility index (Phi) is 6.88. The van der Waals surface area contributed by atoms with Gasteiger partial charge in [-0.3, -0.25) is 4.79 Å². The van der Waals surface area contributed by atoms with Crippen LogP contribution in [0.25, 0.3) is 0 Å². The molecule has 0 aromatic heterocycles. The van der Waals surface area contributed by atoms with Crippen molar-refractivity contribution >= 4 is 12.0 Å². The van der Waals surface area contributed by atoms with E-state index in [1.165, 1.54) is 24.3 Å². The van der Waals surface area contributed by atoms with Crippen molar-refractivity contribution in [2.24, 2.45) is 5.73 Å². The van der Waals surface area contributed by atoms with E-state index in [1.807, 2.05) is 0 Å². The van der Waals surface area contributed by atoms with Crippen LogP contribution in [0, 0.1) is 5.82 Å². The van der Waals surface area contributed by atoms with E-state index >= 15 is 0 Å². The topological polar surface area (TPSA) is 90.7 Å². The molecule has 1 aromatic rings. The minimum Gasteiger partial charge on any atom is -0.490 e. The summed E-state index contributed by atoms with van der Waals surface area (Å²) < 4.78 is 22.8. The number of benzene rings is 1. The van der Waals surface area contributed by atoms with Crippen LogP contribution in [0.3, 0.4) is 0 Å². The van der Waals surface area contributed by atoms with Crippen LogP contribution in [0.15, 0.2) is 24.3 Å². The fraction of sp³-hybridized carbons (Fsp3) is 0.385. The average Bonchev–Trinajstić information content (AvgIpc) is 2.41. The van der Waals surface area contributed by atoms with E-state index in [0.717, 1.165) is 0 Å². The molecule has 0 aliphatic heterocycles. The second-order valence-electron chi connectivity index (χ2n) is 3.92. The molecule has 20 heavy (non-hydrogen) atoms. The lowest BCUT2D eigenvalue weighted by Crippen LogP contribution is -2.30. The molecule has 0 unspecified atom stereocenters. The number of hydrogen-bond acceptors (Lipinski definition) is 4. The summed E-state index contributed by atoms with van der Waals surface area (Å²) in [6, 6.07) is 4.94. The van der Waals surface area contributed by atoms with Crippen molar-refractivity contribution < 1.29 is 23.5 Å². The van der Waals surface area contributed by atoms with Crippen molar-refractivity contribution in [2.45, 2.75) is 12.8 Å². The van der Waals surface area contributed by atoms with Crippen molar-refractivity contribution in [1.29, 1.82) is 0 Å². The maximum absolute atomic E-state index is 12.6. The summed E-state index contributed by atoms with van der Waals surface area (Å²) in [5.74, 6) is -0.208. The number of hydrogen-bond donors (Lipinski definition) is 2. The predicted molar refractivity (Wildman–Crippen MR) is 69.7 cm³/mol. The molecule has 0 spiro atoms. The Morgan fingerprint density at radius 2 is 1.90 bits per heavy atom. The average molecular weight is 284 g/mol. The summed E-state index contributed by atoms with van der Waals surface area (Å²) in [5.41, 5.74) is 4.87. The van der Waals surface area contributed by atoms with Gasteiger partial charge in [-0.1, -0.05) is 0 Å². The zero-order valence-electron chi connectivity index (χ0n) is 10.9. The summed E-state index contributed by atoms with van der Waals surface area (Å²) in [7, 11) is 0. The summed E-state index contributed by atoms with van der Waals surface area (Å²) in [4.78, 5) is 21.6. The summed E-state index contributed by atoms with van der Waals surface area (Å²) in [5, 5.41) is 2.37. The van der Waals surface area contributed by atoms with Gasteiger partial charge in [0.2, 0.25) is 0 Å². The van der Waals surface area contributed by atoms with Crippen molar-refractivity contribution in [2.75, 3.05) is 19.8 Å². The molecule has 2 amide bonds. The van der Waals surface area contributed by atoms with Gasteiger partial charge in [0.15, 0.2) is 0 Å². The SMILES string of the molecule is NC(=O)NCCCC(=O)OCCOc1ccc(F)cc1. The molecule has 7 heteroatoms. The first kappa shape index (κ1) is 15.7. The van der Waals surface area contributed by atoms with Crippen LogP contribution >= 0.6 is 0 Å². The van der Waals surface area contributed by atoms with Crippen LogP contribution in [-0.4, -0.2) is 31.8 Å². The molecule has 6 nitrogen and oxygen atoms in total. The zero-order chi connectivity index (χ0) is 14.8. The second-order valence-corrected chi connectivity index (χ2v) is 3.92. The van der Waals surface area contributed by atoms with Crippen LogP contribution < -0.4 is 15.8 Å². The molecule has 110 valence electrons. The number of rotatable bonds is 8. The largest absolute Gasteiger partial charge is 0.490 e. The fourth-order valence-corrected chi connectivity index (χ4v) is 1.36. The van der Waals surface area contributed by atoms with Crippen molar-refractivity contribution in [3.05, 3.63) is 30.1 Å². The number of esters is 1. The van der Waals surface area contributed by atoms with Gasteiger partial charge in [-0.15, -0.1) is 0 Å². The van der Waals surface area contributed by atoms with Gasteiger partial charge in [-0.25, -0.2) is 9.18 Å². The number of urea groups is 1. The molecule has 1 aromatic carbocycles. The molecule has 0 bridgehead atoms. The Morgan fingerprint density at radius 1 is 1.20 bits per heavy atom. The molecule has 0 aliphatic carbocycles. The molecule has 0 fully saturated rings. The lowest BCUT2D eigenvalue weighted by atomic mass is 10.3. The quantitative estimate of drug-likeness (QED) is 0.554. The number of primary amides is 1. The van der Waals surface area contributed by atoms with Gasteiger partial charge in [0.25, 0.3) is 0 Å². The lowest BCUT2D eigenvalue weighted by Gasteiger charge is -2.07. The number of carbonyl (C=O) groups excluding carboxylic acids is 2. The highest BCUT2D eigenvalue weighted by Gasteiger charge is 2.03. The number of carbonyl (C=O) groups is 2. The third-order valence-corrected chi connectivity index (χ3v) is 2.29. The molecule has 0 aliphatic rings. The first-order chi connectivity index (χ1) is 9.58. The summed E-state index contributed by atoms with van der Waals surface area (Å²) >= 11 is 0. The maximum atomic E-state index is 12.6. The van der Waals surface area contributed by atoms with Gasteiger partial charge in [-0.05, 0) is 30.7 Å². The molecule has 0 atom stereocenters. The number of amides is 2. The Hall–Kier alpha value is -2.31. The lowest BCUT2D eigenvalue weighted by molar-refractivity contribution is -0.144. The van der Waals surface area contributed by atoms with E-state index in [2.05, 4.69) is 5.32 Å². The molecule has 1 rings (SSSR count). The molecular formula is C13H17FN2O4. The monoisotopic (exact) mass is 284 g/mol. The number of ether oxygens (including phenoxy) is 2. The Morgan fingerprint density at radius 3 is 2.55 bits per heavy atom. The van der Waals surface area contributed by atoms with Crippen LogP contribution in [0.4, 0.5) is 9.18 Å². The summed E-state index contributed by atoms with van der Waals surface area (Å²) in [6.07, 6.45) is 0.650. The minimum atomic E-state index is -0.619. The van der Waals surface area contributed by atoms with E-state index in [4.69, 9.17) is 15.2 Å². The van der Waals surface area contributed by atoms with E-state index in [-0.39, 0.29) is 31.4 Å². The van der Waals surface area contributed by atoms with Crippen molar-refractivity contribution in [1.82, 2.24) is 5.32 Å². The van der Waals surface area contributed by atoms with Gasteiger partial charge >= 0.3 is 12.0 Å². The first-order valence-corrected chi connectivity index (χ1v) is 6.15. The molecule has 0 heterocycles. The van der Waals surface area contributed by atoms with Crippen molar-refractivity contribution in [3.63, 3.8) is 0 Å². The van der Waals surface area contributed by atoms with Gasteiger partial charge < -0.3 is 20.5 Å². The predicted octanol–water partition coefficient (Wildman–Crippen LogP) is 1.20. The van der Waals surface area contributed by atoms with E-state index < -0.39 is 6.03 Å². The Bertz CT molecular complexity index is 437. The minimum absolute atomic E-state index is 0.111. The highest BCUT2D eigenvalue weighted by Crippen LogP contribution is 2.10. The number of halogens is 1. The zero-order valence-corrected chi connectivity index (χ0v) is 10.9. The maximum Gasteiger partial charge on any atom is 0.312 e. The number of nitrogens with two attached hydrogens (primary N) is 1.